The number of thiophene rings is 1. The second-order valence-electron chi connectivity index (χ2n) is 4.73. The second-order valence-corrected chi connectivity index (χ2v) is 5.84. The quantitative estimate of drug-likeness (QED) is 0.814. The monoisotopic (exact) mass is 292 g/mol. The van der Waals surface area contributed by atoms with E-state index in [1.807, 2.05) is 12.1 Å². The van der Waals surface area contributed by atoms with Gasteiger partial charge < -0.3 is 9.64 Å². The van der Waals surface area contributed by atoms with Crippen LogP contribution in [0.15, 0.2) is 30.3 Å². The fraction of sp³-hybridized carbons (Fsp3) is 0.357. The van der Waals surface area contributed by atoms with E-state index in [1.165, 1.54) is 15.1 Å². The predicted octanol–water partition coefficient (Wildman–Crippen LogP) is 2.85. The molecule has 1 aromatic carbocycles. The van der Waals surface area contributed by atoms with E-state index < -0.39 is 0 Å². The standard InChI is InChI=1S/C14H16N2O3S/c1-15-8-11(16(14(15)17)19-9-18-2)13-7-10-5-3-4-6-12(10)20-13/h3-7,11H,8-9H2,1-2H3. The van der Waals surface area contributed by atoms with Gasteiger partial charge in [0.15, 0.2) is 6.79 Å². The third kappa shape index (κ3) is 2.26. The highest BCUT2D eigenvalue weighted by Gasteiger charge is 2.38. The van der Waals surface area contributed by atoms with Crippen LogP contribution in [0.2, 0.25) is 0 Å². The summed E-state index contributed by atoms with van der Waals surface area (Å²) < 4.78 is 6.12. The summed E-state index contributed by atoms with van der Waals surface area (Å²) in [6.07, 6.45) is 0. The minimum absolute atomic E-state index is 0.0704. The van der Waals surface area contributed by atoms with Gasteiger partial charge in [0.05, 0.1) is 6.54 Å². The number of rotatable bonds is 4. The van der Waals surface area contributed by atoms with Crippen LogP contribution in [0.4, 0.5) is 4.79 Å². The van der Waals surface area contributed by atoms with Crippen molar-refractivity contribution in [2.75, 3.05) is 27.5 Å². The van der Waals surface area contributed by atoms with Crippen molar-refractivity contribution in [3.63, 3.8) is 0 Å². The average Bonchev–Trinajstić information content (AvgIpc) is 2.99. The summed E-state index contributed by atoms with van der Waals surface area (Å²) in [5.74, 6) is 0. The number of hydrogen-bond acceptors (Lipinski definition) is 4. The molecule has 2 aromatic rings. The van der Waals surface area contributed by atoms with E-state index in [1.54, 1.807) is 30.4 Å². The summed E-state index contributed by atoms with van der Waals surface area (Å²) in [6, 6.07) is 10.1. The van der Waals surface area contributed by atoms with Gasteiger partial charge in [-0.2, -0.15) is 5.06 Å². The van der Waals surface area contributed by atoms with E-state index in [0.717, 1.165) is 4.88 Å². The van der Waals surface area contributed by atoms with Crippen molar-refractivity contribution in [1.82, 2.24) is 9.96 Å². The van der Waals surface area contributed by atoms with Crippen molar-refractivity contribution < 1.29 is 14.4 Å². The van der Waals surface area contributed by atoms with Crippen LogP contribution in [-0.2, 0) is 9.57 Å². The van der Waals surface area contributed by atoms with E-state index in [-0.39, 0.29) is 18.9 Å². The first-order valence-corrected chi connectivity index (χ1v) is 7.17. The van der Waals surface area contributed by atoms with Crippen LogP contribution in [0.25, 0.3) is 10.1 Å². The molecule has 0 aliphatic carbocycles. The topological polar surface area (TPSA) is 42.0 Å². The number of nitrogens with zero attached hydrogens (tertiary/aromatic N) is 2. The Morgan fingerprint density at radius 3 is 2.95 bits per heavy atom. The largest absolute Gasteiger partial charge is 0.356 e. The van der Waals surface area contributed by atoms with Gasteiger partial charge in [-0.05, 0) is 17.5 Å². The highest BCUT2D eigenvalue weighted by Crippen LogP contribution is 2.36. The Morgan fingerprint density at radius 1 is 1.40 bits per heavy atom. The molecule has 5 nitrogen and oxygen atoms in total. The van der Waals surface area contributed by atoms with Gasteiger partial charge in [-0.3, -0.25) is 0 Å². The average molecular weight is 292 g/mol. The van der Waals surface area contributed by atoms with Gasteiger partial charge >= 0.3 is 6.03 Å². The number of hydrogen-bond donors (Lipinski definition) is 0. The SMILES string of the molecule is COCON1C(=O)N(C)CC1c1cc2ccccc2s1. The minimum atomic E-state index is -0.135. The molecule has 0 N–H and O–H groups in total. The van der Waals surface area contributed by atoms with Crippen molar-refractivity contribution in [1.29, 1.82) is 0 Å². The molecule has 1 atom stereocenters. The fourth-order valence-corrected chi connectivity index (χ4v) is 3.48. The zero-order chi connectivity index (χ0) is 14.1. The van der Waals surface area contributed by atoms with Crippen LogP contribution >= 0.6 is 11.3 Å². The summed E-state index contributed by atoms with van der Waals surface area (Å²) in [7, 11) is 3.32. The molecule has 3 rings (SSSR count). The van der Waals surface area contributed by atoms with Gasteiger partial charge in [0.1, 0.15) is 6.04 Å². The molecule has 0 radical (unpaired) electrons. The zero-order valence-corrected chi connectivity index (χ0v) is 12.2. The molecule has 2 amide bonds. The molecule has 1 saturated heterocycles. The Hall–Kier alpha value is -1.63. The lowest BCUT2D eigenvalue weighted by molar-refractivity contribution is -0.195. The number of carbonyl (C=O) groups is 1. The Morgan fingerprint density at radius 2 is 2.20 bits per heavy atom. The van der Waals surface area contributed by atoms with Crippen LogP contribution in [0, 0.1) is 0 Å². The van der Waals surface area contributed by atoms with E-state index in [4.69, 9.17) is 9.57 Å². The number of urea groups is 1. The Balaban J connectivity index is 1.92. The molecule has 1 aromatic heterocycles. The molecular weight excluding hydrogens is 276 g/mol. The first-order chi connectivity index (χ1) is 9.70. The van der Waals surface area contributed by atoms with Gasteiger partial charge in [0.2, 0.25) is 0 Å². The summed E-state index contributed by atoms with van der Waals surface area (Å²) in [4.78, 5) is 20.3. The first-order valence-electron chi connectivity index (χ1n) is 6.35. The maximum atomic E-state index is 12.1. The third-order valence-corrected chi connectivity index (χ3v) is 4.54. The van der Waals surface area contributed by atoms with Crippen molar-refractivity contribution >= 4 is 27.5 Å². The maximum absolute atomic E-state index is 12.1. The Kier molecular flexibility index (Phi) is 3.60. The lowest BCUT2D eigenvalue weighted by Crippen LogP contribution is -2.31. The minimum Gasteiger partial charge on any atom is -0.356 e. The summed E-state index contributed by atoms with van der Waals surface area (Å²) in [6.45, 7) is 0.691. The number of carbonyl (C=O) groups excluding carboxylic acids is 1. The maximum Gasteiger partial charge on any atom is 0.344 e. The van der Waals surface area contributed by atoms with Gasteiger partial charge in [-0.25, -0.2) is 9.63 Å². The number of benzene rings is 1. The predicted molar refractivity (Wildman–Crippen MR) is 77.4 cm³/mol. The van der Waals surface area contributed by atoms with Crippen molar-refractivity contribution in [3.8, 4) is 0 Å². The van der Waals surface area contributed by atoms with Crippen molar-refractivity contribution in [3.05, 3.63) is 35.2 Å². The smallest absolute Gasteiger partial charge is 0.344 e. The molecule has 6 heteroatoms. The number of methoxy groups -OCH3 is 1. The second kappa shape index (κ2) is 5.40. The molecule has 1 fully saturated rings. The third-order valence-electron chi connectivity index (χ3n) is 3.33. The summed E-state index contributed by atoms with van der Waals surface area (Å²) in [5, 5.41) is 2.61. The normalized spacial score (nSPS) is 19.3. The molecule has 1 aliphatic heterocycles. The highest BCUT2D eigenvalue weighted by atomic mass is 32.1. The fourth-order valence-electron chi connectivity index (χ4n) is 2.34. The molecule has 0 bridgehead atoms. The Bertz CT molecular complexity index is 595. The van der Waals surface area contributed by atoms with Crippen LogP contribution < -0.4 is 0 Å². The van der Waals surface area contributed by atoms with Crippen LogP contribution in [0.1, 0.15) is 10.9 Å². The molecule has 20 heavy (non-hydrogen) atoms. The zero-order valence-electron chi connectivity index (χ0n) is 11.4. The lowest BCUT2D eigenvalue weighted by Gasteiger charge is -2.20. The van der Waals surface area contributed by atoms with Crippen LogP contribution in [0.5, 0.6) is 0 Å². The molecule has 106 valence electrons. The van der Waals surface area contributed by atoms with Gasteiger partial charge in [0.25, 0.3) is 0 Å². The number of likely N-dealkylation sites (N-methyl/N-ethyl adjacent to an activating group) is 1. The molecule has 1 unspecified atom stereocenters. The number of hydroxylamine groups is 2. The molecule has 2 heterocycles. The molecule has 0 spiro atoms. The highest BCUT2D eigenvalue weighted by molar-refractivity contribution is 7.19. The summed E-state index contributed by atoms with van der Waals surface area (Å²) in [5.41, 5.74) is 0. The molecule has 1 aliphatic rings. The van der Waals surface area contributed by atoms with Crippen LogP contribution in [-0.4, -0.2) is 43.5 Å². The Labute approximate surface area is 121 Å². The summed E-state index contributed by atoms with van der Waals surface area (Å²) >= 11 is 1.69. The van der Waals surface area contributed by atoms with Crippen molar-refractivity contribution in [2.24, 2.45) is 0 Å². The van der Waals surface area contributed by atoms with Crippen LogP contribution in [0.3, 0.4) is 0 Å². The number of ether oxygens (including phenoxy) is 1. The van der Waals surface area contributed by atoms with E-state index in [0.29, 0.717) is 6.54 Å². The first kappa shape index (κ1) is 13.4. The molecule has 0 saturated carbocycles. The van der Waals surface area contributed by atoms with Gasteiger partial charge in [-0.15, -0.1) is 11.3 Å². The van der Waals surface area contributed by atoms with Crippen molar-refractivity contribution in [2.45, 2.75) is 6.04 Å². The number of fused-ring (bicyclic) bond motifs is 1. The van der Waals surface area contributed by atoms with Gasteiger partial charge in [0, 0.05) is 23.7 Å². The van der Waals surface area contributed by atoms with E-state index >= 15 is 0 Å². The number of amides is 2. The van der Waals surface area contributed by atoms with E-state index in [9.17, 15) is 4.79 Å². The van der Waals surface area contributed by atoms with Gasteiger partial charge in [-0.1, -0.05) is 18.2 Å². The molecular formula is C14H16N2O3S. The van der Waals surface area contributed by atoms with E-state index in [2.05, 4.69) is 18.2 Å². The lowest BCUT2D eigenvalue weighted by atomic mass is 10.2.